The molecule has 10 aromatic carbocycles. The molecule has 0 saturated heterocycles. The van der Waals surface area contributed by atoms with Crippen LogP contribution in [0.2, 0.25) is 0 Å². The second-order valence-corrected chi connectivity index (χ2v) is 17.3. The first kappa shape index (κ1) is 39.9. The first-order valence-electron chi connectivity index (χ1n) is 23.2. The molecule has 0 atom stereocenters. The Morgan fingerprint density at radius 3 is 1.48 bits per heavy atom. The molecule has 3 heterocycles. The molecule has 0 amide bonds. The van der Waals surface area contributed by atoms with Crippen molar-refractivity contribution in [1.29, 1.82) is 0 Å². The fourth-order valence-electron chi connectivity index (χ4n) is 9.70. The fraction of sp³-hybridized carbons (Fsp3) is 0. The molecule has 6 heteroatoms. The average molecular weight is 884 g/mol. The van der Waals surface area contributed by atoms with Crippen molar-refractivity contribution in [3.05, 3.63) is 249 Å². The van der Waals surface area contributed by atoms with E-state index >= 15 is 0 Å². The Kier molecular flexibility index (Phi) is 9.72. The molecule has 69 heavy (non-hydrogen) atoms. The molecule has 1 aliphatic heterocycles. The van der Waals surface area contributed by atoms with E-state index in [2.05, 4.69) is 185 Å². The summed E-state index contributed by atoms with van der Waals surface area (Å²) in [5.41, 5.74) is 15.9. The van der Waals surface area contributed by atoms with Crippen LogP contribution in [0.15, 0.2) is 249 Å². The highest BCUT2D eigenvalue weighted by molar-refractivity contribution is 6.10. The summed E-state index contributed by atoms with van der Waals surface area (Å²) in [6, 6.07) is 87.0. The zero-order valence-electron chi connectivity index (χ0n) is 37.3. The summed E-state index contributed by atoms with van der Waals surface area (Å²) >= 11 is 0. The second kappa shape index (κ2) is 16.8. The SMILES string of the molecule is c1ccc(-c2cccc(N3c4ccccc4Oc4cc(-c5cccc(-c6ccc7c8ccccc8n(-c8cccc(-c9nc(-c%10ccccc%10)nc(-c%10ccccc%10)n9)c8)c7c6)c5)ccc43)c2)cc1. The van der Waals surface area contributed by atoms with Crippen molar-refractivity contribution in [2.75, 3.05) is 4.90 Å². The van der Waals surface area contributed by atoms with Gasteiger partial charge in [-0.25, -0.2) is 15.0 Å². The molecule has 0 N–H and O–H groups in total. The normalized spacial score (nSPS) is 11.9. The molecule has 1 aliphatic rings. The highest BCUT2D eigenvalue weighted by Gasteiger charge is 2.27. The van der Waals surface area contributed by atoms with Crippen LogP contribution in [0.25, 0.3) is 95.0 Å². The number of fused-ring (bicyclic) bond motifs is 5. The Balaban J connectivity index is 0.882. The van der Waals surface area contributed by atoms with Crippen LogP contribution in [0.1, 0.15) is 0 Å². The number of aromatic nitrogens is 4. The van der Waals surface area contributed by atoms with Crippen molar-refractivity contribution in [1.82, 2.24) is 19.5 Å². The lowest BCUT2D eigenvalue weighted by molar-refractivity contribution is 0.477. The van der Waals surface area contributed by atoms with Gasteiger partial charge in [-0.1, -0.05) is 182 Å². The number of hydrogen-bond acceptors (Lipinski definition) is 5. The van der Waals surface area contributed by atoms with Crippen LogP contribution >= 0.6 is 0 Å². The Bertz CT molecular complexity index is 3830. The van der Waals surface area contributed by atoms with Gasteiger partial charge in [0, 0.05) is 38.8 Å². The smallest absolute Gasteiger partial charge is 0.164 e. The van der Waals surface area contributed by atoms with E-state index in [1.54, 1.807) is 0 Å². The van der Waals surface area contributed by atoms with E-state index in [0.717, 1.165) is 89.8 Å². The van der Waals surface area contributed by atoms with Crippen molar-refractivity contribution in [2.24, 2.45) is 0 Å². The zero-order chi connectivity index (χ0) is 45.7. The van der Waals surface area contributed by atoms with Gasteiger partial charge in [0.25, 0.3) is 0 Å². The third-order valence-electron chi connectivity index (χ3n) is 13.0. The van der Waals surface area contributed by atoms with Gasteiger partial charge in [0.1, 0.15) is 0 Å². The van der Waals surface area contributed by atoms with Crippen LogP contribution in [0.3, 0.4) is 0 Å². The lowest BCUT2D eigenvalue weighted by Gasteiger charge is -2.33. The summed E-state index contributed by atoms with van der Waals surface area (Å²) in [5, 5.41) is 2.37. The van der Waals surface area contributed by atoms with E-state index in [4.69, 9.17) is 19.7 Å². The van der Waals surface area contributed by atoms with Crippen LogP contribution < -0.4 is 9.64 Å². The summed E-state index contributed by atoms with van der Waals surface area (Å²) < 4.78 is 9.05. The van der Waals surface area contributed by atoms with E-state index in [1.807, 2.05) is 72.8 Å². The van der Waals surface area contributed by atoms with Crippen LogP contribution in [-0.4, -0.2) is 19.5 Å². The summed E-state index contributed by atoms with van der Waals surface area (Å²) in [7, 11) is 0. The van der Waals surface area contributed by atoms with E-state index in [9.17, 15) is 0 Å². The predicted molar refractivity (Wildman–Crippen MR) is 282 cm³/mol. The second-order valence-electron chi connectivity index (χ2n) is 17.3. The van der Waals surface area contributed by atoms with Gasteiger partial charge < -0.3 is 14.2 Å². The van der Waals surface area contributed by atoms with E-state index in [1.165, 1.54) is 16.3 Å². The quantitative estimate of drug-likeness (QED) is 0.152. The molecule has 0 fully saturated rings. The lowest BCUT2D eigenvalue weighted by atomic mass is 9.97. The summed E-state index contributed by atoms with van der Waals surface area (Å²) in [4.78, 5) is 17.4. The van der Waals surface area contributed by atoms with Crippen LogP contribution in [0.4, 0.5) is 17.1 Å². The maximum Gasteiger partial charge on any atom is 0.164 e. The molecule has 0 aliphatic carbocycles. The Hall–Kier alpha value is -9.39. The molecule has 324 valence electrons. The maximum absolute atomic E-state index is 6.69. The third-order valence-corrected chi connectivity index (χ3v) is 13.0. The topological polar surface area (TPSA) is 56.1 Å². The highest BCUT2D eigenvalue weighted by Crippen LogP contribution is 2.52. The molecule has 13 rings (SSSR count). The Morgan fingerprint density at radius 1 is 0.275 bits per heavy atom. The van der Waals surface area contributed by atoms with Crippen LogP contribution in [0, 0.1) is 0 Å². The van der Waals surface area contributed by atoms with Gasteiger partial charge in [-0.05, 0) is 100 Å². The third kappa shape index (κ3) is 7.28. The molecule has 12 aromatic rings. The van der Waals surface area contributed by atoms with Crippen molar-refractivity contribution in [3.63, 3.8) is 0 Å². The van der Waals surface area contributed by atoms with Gasteiger partial charge in [-0.2, -0.15) is 0 Å². The molecule has 0 bridgehead atoms. The number of rotatable bonds is 8. The summed E-state index contributed by atoms with van der Waals surface area (Å²) in [6.45, 7) is 0. The van der Waals surface area contributed by atoms with Gasteiger partial charge in [-0.15, -0.1) is 0 Å². The molecule has 0 spiro atoms. The highest BCUT2D eigenvalue weighted by atomic mass is 16.5. The van der Waals surface area contributed by atoms with Gasteiger partial charge in [0.15, 0.2) is 29.0 Å². The monoisotopic (exact) mass is 883 g/mol. The zero-order valence-corrected chi connectivity index (χ0v) is 37.3. The Morgan fingerprint density at radius 2 is 0.754 bits per heavy atom. The van der Waals surface area contributed by atoms with Crippen molar-refractivity contribution < 1.29 is 4.74 Å². The summed E-state index contributed by atoms with van der Waals surface area (Å²) in [5.74, 6) is 3.50. The number of para-hydroxylation sites is 3. The van der Waals surface area contributed by atoms with E-state index < -0.39 is 0 Å². The first-order valence-corrected chi connectivity index (χ1v) is 23.2. The minimum atomic E-state index is 0.615. The van der Waals surface area contributed by atoms with Gasteiger partial charge in [-0.3, -0.25) is 0 Å². The van der Waals surface area contributed by atoms with Crippen molar-refractivity contribution in [3.8, 4) is 84.7 Å². The molecular formula is C63H41N5O. The summed E-state index contributed by atoms with van der Waals surface area (Å²) in [6.07, 6.45) is 0. The fourth-order valence-corrected chi connectivity index (χ4v) is 9.70. The number of ether oxygens (including phenoxy) is 1. The van der Waals surface area contributed by atoms with Gasteiger partial charge in [0.05, 0.1) is 22.4 Å². The minimum Gasteiger partial charge on any atom is -0.453 e. The van der Waals surface area contributed by atoms with E-state index in [-0.39, 0.29) is 0 Å². The molecule has 0 saturated carbocycles. The van der Waals surface area contributed by atoms with Crippen molar-refractivity contribution in [2.45, 2.75) is 0 Å². The maximum atomic E-state index is 6.69. The molecule has 6 nitrogen and oxygen atoms in total. The number of hydrogen-bond donors (Lipinski definition) is 0. The standard InChI is InChI=1S/C63H41N5O/c1-4-17-42(18-5-1)47-25-15-27-51(38-47)68-56-31-12-13-32-59(56)69-60-41-49(34-36-57(60)68)46-24-14-23-45(37-46)48-33-35-54-53-29-10-11-30-55(53)67(58(54)40-48)52-28-16-26-50(39-52)63-65-61(43-19-6-2-7-20-43)64-62(66-63)44-21-8-3-9-22-44/h1-41H. The number of nitrogens with zero attached hydrogens (tertiary/aromatic N) is 5. The lowest BCUT2D eigenvalue weighted by Crippen LogP contribution is -2.15. The molecule has 0 unspecified atom stereocenters. The van der Waals surface area contributed by atoms with Crippen molar-refractivity contribution >= 4 is 38.9 Å². The number of anilines is 3. The molecular weight excluding hydrogens is 843 g/mol. The van der Waals surface area contributed by atoms with E-state index in [0.29, 0.717) is 17.5 Å². The molecule has 0 radical (unpaired) electrons. The average Bonchev–Trinajstić information content (AvgIpc) is 3.76. The largest absolute Gasteiger partial charge is 0.453 e. The number of benzene rings is 10. The van der Waals surface area contributed by atoms with Crippen LogP contribution in [-0.2, 0) is 0 Å². The Labute approximate surface area is 399 Å². The first-order chi connectivity index (χ1) is 34.2. The van der Waals surface area contributed by atoms with Gasteiger partial charge >= 0.3 is 0 Å². The minimum absolute atomic E-state index is 0.615. The predicted octanol–water partition coefficient (Wildman–Crippen LogP) is 16.5. The molecule has 2 aromatic heterocycles. The van der Waals surface area contributed by atoms with Crippen LogP contribution in [0.5, 0.6) is 11.5 Å². The van der Waals surface area contributed by atoms with Gasteiger partial charge in [0.2, 0.25) is 0 Å².